The molecule has 1 heterocycles. The third kappa shape index (κ3) is 4.00. The van der Waals surface area contributed by atoms with Crippen LogP contribution in [-0.2, 0) is 11.5 Å². The third-order valence-corrected chi connectivity index (χ3v) is 5.52. The van der Waals surface area contributed by atoms with Gasteiger partial charge in [-0.2, -0.15) is 5.26 Å². The Morgan fingerprint density at radius 3 is 2.65 bits per heavy atom. The SMILES string of the molecule is Cc1cc2c(cc1N)c(=O)c(C#N)cn2COCC[Si](C)(C)C. The number of benzene rings is 1. The van der Waals surface area contributed by atoms with Gasteiger partial charge in [-0.15, -0.1) is 0 Å². The lowest BCUT2D eigenvalue weighted by Crippen LogP contribution is -2.22. The molecule has 0 saturated heterocycles. The molecule has 2 aromatic rings. The van der Waals surface area contributed by atoms with E-state index in [0.29, 0.717) is 24.4 Å². The van der Waals surface area contributed by atoms with Crippen molar-refractivity contribution in [1.29, 1.82) is 5.26 Å². The quantitative estimate of drug-likeness (QED) is 0.519. The maximum Gasteiger partial charge on any atom is 0.207 e. The molecule has 0 bridgehead atoms. The van der Waals surface area contributed by atoms with Crippen molar-refractivity contribution in [2.45, 2.75) is 39.3 Å². The van der Waals surface area contributed by atoms with Crippen molar-refractivity contribution in [3.05, 3.63) is 39.7 Å². The van der Waals surface area contributed by atoms with Crippen molar-refractivity contribution < 1.29 is 4.74 Å². The number of ether oxygens (including phenoxy) is 1. The van der Waals surface area contributed by atoms with Crippen LogP contribution in [0.5, 0.6) is 0 Å². The molecule has 0 spiro atoms. The fourth-order valence-electron chi connectivity index (χ4n) is 2.29. The predicted molar refractivity (Wildman–Crippen MR) is 96.2 cm³/mol. The summed E-state index contributed by atoms with van der Waals surface area (Å²) in [6.07, 6.45) is 1.56. The molecule has 2 rings (SSSR count). The Kier molecular flexibility index (Phi) is 4.93. The van der Waals surface area contributed by atoms with Crippen LogP contribution in [0.3, 0.4) is 0 Å². The van der Waals surface area contributed by atoms with Crippen LogP contribution in [0.1, 0.15) is 11.1 Å². The van der Waals surface area contributed by atoms with Gasteiger partial charge in [0.05, 0.1) is 5.52 Å². The van der Waals surface area contributed by atoms with Gasteiger partial charge in [0.25, 0.3) is 0 Å². The smallest absolute Gasteiger partial charge is 0.207 e. The Hall–Kier alpha value is -2.10. The summed E-state index contributed by atoms with van der Waals surface area (Å²) in [5.41, 5.74) is 7.93. The van der Waals surface area contributed by atoms with Crippen molar-refractivity contribution >= 4 is 24.7 Å². The Morgan fingerprint density at radius 2 is 2.04 bits per heavy atom. The number of rotatable bonds is 5. The van der Waals surface area contributed by atoms with Gasteiger partial charge in [0.15, 0.2) is 0 Å². The molecule has 0 aliphatic heterocycles. The van der Waals surface area contributed by atoms with E-state index >= 15 is 0 Å². The standard InChI is InChI=1S/C17H23N3O2Si/c1-12-7-16-14(8-15(12)19)17(21)13(9-18)10-20(16)11-22-5-6-23(2,3)4/h7-8,10H,5-6,11,19H2,1-4H3. The van der Waals surface area contributed by atoms with Crippen LogP contribution < -0.4 is 11.2 Å². The van der Waals surface area contributed by atoms with Crippen molar-refractivity contribution in [2.24, 2.45) is 0 Å². The summed E-state index contributed by atoms with van der Waals surface area (Å²) in [5, 5.41) is 9.63. The third-order valence-electron chi connectivity index (χ3n) is 3.82. The lowest BCUT2D eigenvalue weighted by Gasteiger charge is -2.17. The lowest BCUT2D eigenvalue weighted by atomic mass is 10.1. The van der Waals surface area contributed by atoms with Gasteiger partial charge in [-0.1, -0.05) is 19.6 Å². The summed E-state index contributed by atoms with van der Waals surface area (Å²) < 4.78 is 7.58. The second-order valence-electron chi connectivity index (χ2n) is 7.03. The number of hydrogen-bond donors (Lipinski definition) is 1. The topological polar surface area (TPSA) is 81.0 Å². The number of fused-ring (bicyclic) bond motifs is 1. The lowest BCUT2D eigenvalue weighted by molar-refractivity contribution is 0.0898. The van der Waals surface area contributed by atoms with Gasteiger partial charge in [-0.3, -0.25) is 4.79 Å². The van der Waals surface area contributed by atoms with Crippen LogP contribution in [0.2, 0.25) is 25.7 Å². The van der Waals surface area contributed by atoms with E-state index in [2.05, 4.69) is 19.6 Å². The highest BCUT2D eigenvalue weighted by Gasteiger charge is 2.13. The highest BCUT2D eigenvalue weighted by Crippen LogP contribution is 2.20. The number of aryl methyl sites for hydroxylation is 1. The molecule has 0 aliphatic rings. The highest BCUT2D eigenvalue weighted by atomic mass is 28.3. The zero-order valence-electron chi connectivity index (χ0n) is 14.1. The Balaban J connectivity index is 2.39. The largest absolute Gasteiger partial charge is 0.398 e. The molecule has 0 fully saturated rings. The molecule has 0 unspecified atom stereocenters. The van der Waals surface area contributed by atoms with E-state index in [4.69, 9.17) is 10.5 Å². The van der Waals surface area contributed by atoms with E-state index in [9.17, 15) is 10.1 Å². The van der Waals surface area contributed by atoms with Crippen LogP contribution in [0.25, 0.3) is 10.9 Å². The molecule has 0 amide bonds. The van der Waals surface area contributed by atoms with Crippen LogP contribution in [0.15, 0.2) is 23.1 Å². The number of pyridine rings is 1. The number of anilines is 1. The average molecular weight is 329 g/mol. The molecule has 2 N–H and O–H groups in total. The van der Waals surface area contributed by atoms with Crippen molar-refractivity contribution in [2.75, 3.05) is 12.3 Å². The van der Waals surface area contributed by atoms with E-state index in [1.54, 1.807) is 12.3 Å². The van der Waals surface area contributed by atoms with Gasteiger partial charge >= 0.3 is 0 Å². The number of nitrogen functional groups attached to an aromatic ring is 1. The second kappa shape index (κ2) is 6.57. The number of aromatic nitrogens is 1. The summed E-state index contributed by atoms with van der Waals surface area (Å²) in [4.78, 5) is 12.3. The molecular formula is C17H23N3O2Si. The molecule has 1 aromatic heterocycles. The predicted octanol–water partition coefficient (Wildman–Crippen LogP) is 3.08. The second-order valence-corrected chi connectivity index (χ2v) is 12.6. The van der Waals surface area contributed by atoms with Crippen molar-refractivity contribution in [3.8, 4) is 6.07 Å². The van der Waals surface area contributed by atoms with Gasteiger partial charge in [-0.05, 0) is 30.7 Å². The normalized spacial score (nSPS) is 11.6. The number of hydrogen-bond acceptors (Lipinski definition) is 4. The van der Waals surface area contributed by atoms with Gasteiger partial charge < -0.3 is 15.0 Å². The van der Waals surface area contributed by atoms with Gasteiger partial charge in [0.1, 0.15) is 18.4 Å². The molecule has 0 radical (unpaired) electrons. The monoisotopic (exact) mass is 329 g/mol. The Morgan fingerprint density at radius 1 is 1.35 bits per heavy atom. The van der Waals surface area contributed by atoms with E-state index in [1.807, 2.05) is 23.6 Å². The van der Waals surface area contributed by atoms with Crippen LogP contribution >= 0.6 is 0 Å². The summed E-state index contributed by atoms with van der Waals surface area (Å²) in [5.74, 6) is 0. The summed E-state index contributed by atoms with van der Waals surface area (Å²) in [7, 11) is -1.15. The zero-order valence-corrected chi connectivity index (χ0v) is 15.1. The first-order valence-corrected chi connectivity index (χ1v) is 11.3. The number of nitrogens with two attached hydrogens (primary N) is 1. The fourth-order valence-corrected chi connectivity index (χ4v) is 3.04. The van der Waals surface area contributed by atoms with E-state index < -0.39 is 8.07 Å². The molecule has 23 heavy (non-hydrogen) atoms. The Labute approximate surface area is 137 Å². The molecule has 5 nitrogen and oxygen atoms in total. The number of nitrogens with zero attached hydrogens (tertiary/aromatic N) is 2. The maximum atomic E-state index is 12.3. The van der Waals surface area contributed by atoms with Gasteiger partial charge in [0, 0.05) is 32.0 Å². The molecule has 0 saturated carbocycles. The summed E-state index contributed by atoms with van der Waals surface area (Å²) in [6.45, 7) is 9.79. The van der Waals surface area contributed by atoms with E-state index in [-0.39, 0.29) is 11.0 Å². The minimum absolute atomic E-state index is 0.106. The van der Waals surface area contributed by atoms with Crippen LogP contribution in [-0.4, -0.2) is 19.2 Å². The van der Waals surface area contributed by atoms with Gasteiger partial charge in [0.2, 0.25) is 5.43 Å². The molecule has 0 atom stereocenters. The first-order chi connectivity index (χ1) is 10.7. The maximum absolute atomic E-state index is 12.3. The minimum Gasteiger partial charge on any atom is -0.398 e. The average Bonchev–Trinajstić information content (AvgIpc) is 2.46. The molecular weight excluding hydrogens is 306 g/mol. The highest BCUT2D eigenvalue weighted by molar-refractivity contribution is 6.76. The molecule has 1 aromatic carbocycles. The van der Waals surface area contributed by atoms with Crippen molar-refractivity contribution in [3.63, 3.8) is 0 Å². The van der Waals surface area contributed by atoms with E-state index in [1.165, 1.54) is 0 Å². The van der Waals surface area contributed by atoms with Gasteiger partial charge in [-0.25, -0.2) is 0 Å². The fraction of sp³-hybridized carbons (Fsp3) is 0.412. The summed E-state index contributed by atoms with van der Waals surface area (Å²) >= 11 is 0. The Bertz CT molecular complexity index is 829. The van der Waals surface area contributed by atoms with Crippen LogP contribution in [0.4, 0.5) is 5.69 Å². The first-order valence-electron chi connectivity index (χ1n) is 7.64. The zero-order chi connectivity index (χ0) is 17.2. The minimum atomic E-state index is -1.15. The summed E-state index contributed by atoms with van der Waals surface area (Å²) in [6, 6.07) is 6.54. The van der Waals surface area contributed by atoms with Crippen LogP contribution in [0, 0.1) is 18.3 Å². The van der Waals surface area contributed by atoms with Crippen molar-refractivity contribution in [1.82, 2.24) is 4.57 Å². The molecule has 0 aliphatic carbocycles. The molecule has 6 heteroatoms. The number of nitriles is 1. The first kappa shape index (κ1) is 17.3. The molecule has 122 valence electrons. The van der Waals surface area contributed by atoms with E-state index in [0.717, 1.165) is 17.1 Å².